The first-order valence-electron chi connectivity index (χ1n) is 6.65. The zero-order valence-corrected chi connectivity index (χ0v) is 10.4. The van der Waals surface area contributed by atoms with Crippen molar-refractivity contribution in [2.24, 2.45) is 5.92 Å². The van der Waals surface area contributed by atoms with Crippen LogP contribution < -0.4 is 5.32 Å². The lowest BCUT2D eigenvalue weighted by atomic mass is 9.86. The van der Waals surface area contributed by atoms with Gasteiger partial charge in [-0.2, -0.15) is 0 Å². The highest BCUT2D eigenvalue weighted by Gasteiger charge is 2.19. The molecule has 1 aliphatic carbocycles. The molecule has 1 aliphatic rings. The number of ether oxygens (including phenoxy) is 1. The van der Waals surface area contributed by atoms with E-state index in [0.29, 0.717) is 0 Å². The van der Waals surface area contributed by atoms with Crippen LogP contribution in [-0.4, -0.2) is 25.8 Å². The first-order valence-corrected chi connectivity index (χ1v) is 6.65. The Morgan fingerprint density at radius 2 is 2.00 bits per heavy atom. The molecule has 0 aromatic rings. The molecule has 15 heavy (non-hydrogen) atoms. The van der Waals surface area contributed by atoms with Crippen LogP contribution in [0.3, 0.4) is 0 Å². The molecule has 0 amide bonds. The summed E-state index contributed by atoms with van der Waals surface area (Å²) in [6.45, 7) is 7.49. The Morgan fingerprint density at radius 3 is 2.73 bits per heavy atom. The highest BCUT2D eigenvalue weighted by atomic mass is 16.5. The Bertz CT molecular complexity index is 149. The van der Waals surface area contributed by atoms with Crippen molar-refractivity contribution in [2.45, 2.75) is 58.4 Å². The molecule has 1 N–H and O–H groups in total. The number of rotatable bonds is 7. The summed E-state index contributed by atoms with van der Waals surface area (Å²) >= 11 is 0. The van der Waals surface area contributed by atoms with Crippen LogP contribution in [0.1, 0.15) is 52.4 Å². The lowest BCUT2D eigenvalue weighted by molar-refractivity contribution is 0.130. The summed E-state index contributed by atoms with van der Waals surface area (Å²) in [7, 11) is 0. The van der Waals surface area contributed by atoms with Crippen LogP contribution in [0.15, 0.2) is 0 Å². The van der Waals surface area contributed by atoms with E-state index in [2.05, 4.69) is 19.2 Å². The van der Waals surface area contributed by atoms with Crippen LogP contribution in [0.5, 0.6) is 0 Å². The SMILES string of the molecule is CCCOCCCNC1CCCCC1C. The van der Waals surface area contributed by atoms with Gasteiger partial charge in [-0.05, 0) is 38.1 Å². The van der Waals surface area contributed by atoms with Gasteiger partial charge < -0.3 is 10.1 Å². The van der Waals surface area contributed by atoms with E-state index in [1.54, 1.807) is 0 Å². The summed E-state index contributed by atoms with van der Waals surface area (Å²) in [6.07, 6.45) is 7.91. The van der Waals surface area contributed by atoms with Crippen molar-refractivity contribution in [2.75, 3.05) is 19.8 Å². The summed E-state index contributed by atoms with van der Waals surface area (Å²) in [5, 5.41) is 3.67. The Kier molecular flexibility index (Phi) is 7.03. The molecule has 1 fully saturated rings. The predicted octanol–water partition coefficient (Wildman–Crippen LogP) is 2.97. The zero-order chi connectivity index (χ0) is 10.9. The average Bonchev–Trinajstić information content (AvgIpc) is 2.25. The largest absolute Gasteiger partial charge is 0.381 e. The Labute approximate surface area is 94.8 Å². The Hall–Kier alpha value is -0.0800. The quantitative estimate of drug-likeness (QED) is 0.656. The van der Waals surface area contributed by atoms with E-state index in [9.17, 15) is 0 Å². The second-order valence-corrected chi connectivity index (χ2v) is 4.79. The summed E-state index contributed by atoms with van der Waals surface area (Å²) in [4.78, 5) is 0. The molecule has 2 atom stereocenters. The first kappa shape index (κ1) is 13.0. The number of hydrogen-bond acceptors (Lipinski definition) is 2. The minimum atomic E-state index is 0.768. The fraction of sp³-hybridized carbons (Fsp3) is 1.00. The Balaban J connectivity index is 1.94. The molecule has 0 spiro atoms. The predicted molar refractivity (Wildman–Crippen MR) is 65.1 cm³/mol. The second-order valence-electron chi connectivity index (χ2n) is 4.79. The minimum absolute atomic E-state index is 0.768. The molecule has 90 valence electrons. The smallest absolute Gasteiger partial charge is 0.0478 e. The third-order valence-electron chi connectivity index (χ3n) is 3.33. The van der Waals surface area contributed by atoms with Crippen LogP contribution >= 0.6 is 0 Å². The molecule has 0 heterocycles. The molecule has 1 saturated carbocycles. The van der Waals surface area contributed by atoms with Gasteiger partial charge in [0.25, 0.3) is 0 Å². The van der Waals surface area contributed by atoms with Crippen molar-refractivity contribution in [3.8, 4) is 0 Å². The van der Waals surface area contributed by atoms with Crippen LogP contribution in [0, 0.1) is 5.92 Å². The zero-order valence-electron chi connectivity index (χ0n) is 10.4. The van der Waals surface area contributed by atoms with Crippen LogP contribution in [0.25, 0.3) is 0 Å². The highest BCUT2D eigenvalue weighted by Crippen LogP contribution is 2.23. The third-order valence-corrected chi connectivity index (χ3v) is 3.33. The third kappa shape index (κ3) is 5.53. The van der Waals surface area contributed by atoms with Crippen molar-refractivity contribution < 1.29 is 4.74 Å². The molecule has 0 aliphatic heterocycles. The molecule has 2 nitrogen and oxygen atoms in total. The molecule has 0 saturated heterocycles. The summed E-state index contributed by atoms with van der Waals surface area (Å²) in [5.74, 6) is 0.871. The van der Waals surface area contributed by atoms with E-state index in [4.69, 9.17) is 4.74 Å². The van der Waals surface area contributed by atoms with E-state index < -0.39 is 0 Å². The van der Waals surface area contributed by atoms with Gasteiger partial charge in [0.15, 0.2) is 0 Å². The topological polar surface area (TPSA) is 21.3 Å². The van der Waals surface area contributed by atoms with Crippen molar-refractivity contribution >= 4 is 0 Å². The summed E-state index contributed by atoms with van der Waals surface area (Å²) < 4.78 is 5.46. The van der Waals surface area contributed by atoms with Gasteiger partial charge >= 0.3 is 0 Å². The molecule has 0 aromatic heterocycles. The Morgan fingerprint density at radius 1 is 1.20 bits per heavy atom. The van der Waals surface area contributed by atoms with Crippen LogP contribution in [-0.2, 0) is 4.74 Å². The molecule has 0 aromatic carbocycles. The van der Waals surface area contributed by atoms with Gasteiger partial charge in [0.1, 0.15) is 0 Å². The molecular weight excluding hydrogens is 186 g/mol. The van der Waals surface area contributed by atoms with Crippen molar-refractivity contribution in [1.29, 1.82) is 0 Å². The maximum absolute atomic E-state index is 5.46. The van der Waals surface area contributed by atoms with E-state index >= 15 is 0 Å². The summed E-state index contributed by atoms with van der Waals surface area (Å²) in [5.41, 5.74) is 0. The summed E-state index contributed by atoms with van der Waals surface area (Å²) in [6, 6.07) is 0.768. The van der Waals surface area contributed by atoms with Gasteiger partial charge in [-0.3, -0.25) is 0 Å². The molecule has 2 unspecified atom stereocenters. The van der Waals surface area contributed by atoms with E-state index in [-0.39, 0.29) is 0 Å². The molecule has 1 rings (SSSR count). The molecule has 0 radical (unpaired) electrons. The van der Waals surface area contributed by atoms with Crippen molar-refractivity contribution in [3.63, 3.8) is 0 Å². The van der Waals surface area contributed by atoms with Gasteiger partial charge in [-0.25, -0.2) is 0 Å². The maximum Gasteiger partial charge on any atom is 0.0478 e. The molecular formula is C13H27NO. The second kappa shape index (κ2) is 8.12. The molecule has 2 heteroatoms. The van der Waals surface area contributed by atoms with Gasteiger partial charge in [-0.1, -0.05) is 26.7 Å². The fourth-order valence-electron chi connectivity index (χ4n) is 2.33. The van der Waals surface area contributed by atoms with Gasteiger partial charge in [0.05, 0.1) is 0 Å². The number of hydrogen-bond donors (Lipinski definition) is 1. The average molecular weight is 213 g/mol. The normalized spacial score (nSPS) is 26.8. The van der Waals surface area contributed by atoms with E-state index in [1.165, 1.54) is 25.7 Å². The maximum atomic E-state index is 5.46. The van der Waals surface area contributed by atoms with Gasteiger partial charge in [0.2, 0.25) is 0 Å². The lowest BCUT2D eigenvalue weighted by Crippen LogP contribution is -2.37. The minimum Gasteiger partial charge on any atom is -0.381 e. The van der Waals surface area contributed by atoms with E-state index in [0.717, 1.165) is 44.6 Å². The highest BCUT2D eigenvalue weighted by molar-refractivity contribution is 4.77. The lowest BCUT2D eigenvalue weighted by Gasteiger charge is -2.29. The van der Waals surface area contributed by atoms with Gasteiger partial charge in [-0.15, -0.1) is 0 Å². The first-order chi connectivity index (χ1) is 7.34. The van der Waals surface area contributed by atoms with Crippen LogP contribution in [0.4, 0.5) is 0 Å². The van der Waals surface area contributed by atoms with Crippen LogP contribution in [0.2, 0.25) is 0 Å². The number of nitrogens with one attached hydrogen (secondary N) is 1. The van der Waals surface area contributed by atoms with E-state index in [1.807, 2.05) is 0 Å². The monoisotopic (exact) mass is 213 g/mol. The van der Waals surface area contributed by atoms with Gasteiger partial charge in [0, 0.05) is 19.3 Å². The fourth-order valence-corrected chi connectivity index (χ4v) is 2.33. The van der Waals surface area contributed by atoms with Crippen molar-refractivity contribution in [1.82, 2.24) is 5.32 Å². The standard InChI is InChI=1S/C13H27NO/c1-3-10-15-11-6-9-14-13-8-5-4-7-12(13)2/h12-14H,3-11H2,1-2H3. The molecule has 0 bridgehead atoms. The van der Waals surface area contributed by atoms with Crippen molar-refractivity contribution in [3.05, 3.63) is 0 Å².